The highest BCUT2D eigenvalue weighted by molar-refractivity contribution is 9.10. The average molecular weight is 523 g/mol. The van der Waals surface area contributed by atoms with Gasteiger partial charge in [0.15, 0.2) is 5.17 Å². The summed E-state index contributed by atoms with van der Waals surface area (Å²) in [5.41, 5.74) is 1.09. The Kier molecular flexibility index (Phi) is 7.31. The number of aliphatic imine (C=N–C) groups is 1. The summed E-state index contributed by atoms with van der Waals surface area (Å²) in [5, 5.41) is 7.67. The van der Waals surface area contributed by atoms with Gasteiger partial charge >= 0.3 is 0 Å². The lowest BCUT2D eigenvalue weighted by Crippen LogP contribution is -2.33. The van der Waals surface area contributed by atoms with Crippen molar-refractivity contribution in [3.8, 4) is 0 Å². The number of thioether (sulfide) groups is 1. The van der Waals surface area contributed by atoms with Crippen molar-refractivity contribution in [2.75, 3.05) is 11.9 Å². The zero-order valence-electron chi connectivity index (χ0n) is 16.2. The maximum Gasteiger partial charge on any atom is 0.242 e. The van der Waals surface area contributed by atoms with E-state index in [1.54, 1.807) is 18.2 Å². The molecule has 2 aromatic rings. The number of nitrogens with one attached hydrogen (secondary N) is 1. The number of anilines is 1. The Morgan fingerprint density at radius 1 is 1.23 bits per heavy atom. The molecular formula is C20H19BrN4O4S2. The minimum absolute atomic E-state index is 0.0173. The van der Waals surface area contributed by atoms with Crippen LogP contribution in [0.4, 0.5) is 11.4 Å². The predicted molar refractivity (Wildman–Crippen MR) is 126 cm³/mol. The zero-order valence-corrected chi connectivity index (χ0v) is 19.4. The van der Waals surface area contributed by atoms with Gasteiger partial charge in [-0.2, -0.15) is 0 Å². The fourth-order valence-corrected chi connectivity index (χ4v) is 4.70. The number of amidine groups is 1. The molecule has 1 unspecified atom stereocenters. The molecule has 2 amide bonds. The molecule has 1 atom stereocenters. The van der Waals surface area contributed by atoms with Crippen molar-refractivity contribution in [1.29, 1.82) is 0 Å². The lowest BCUT2D eigenvalue weighted by Gasteiger charge is -2.13. The Bertz CT molecular complexity index is 1130. The van der Waals surface area contributed by atoms with Gasteiger partial charge in [0, 0.05) is 23.1 Å². The topological polar surface area (TPSA) is 122 Å². The van der Waals surface area contributed by atoms with E-state index >= 15 is 0 Å². The second-order valence-corrected chi connectivity index (χ2v) is 10.2. The van der Waals surface area contributed by atoms with E-state index in [0.717, 1.165) is 4.47 Å². The minimum atomic E-state index is -3.80. The van der Waals surface area contributed by atoms with Crippen molar-refractivity contribution in [2.45, 2.75) is 16.6 Å². The van der Waals surface area contributed by atoms with Crippen LogP contribution in [0.5, 0.6) is 0 Å². The summed E-state index contributed by atoms with van der Waals surface area (Å²) in [6.45, 7) is 3.91. The van der Waals surface area contributed by atoms with E-state index in [-0.39, 0.29) is 29.7 Å². The molecule has 3 N–H and O–H groups in total. The van der Waals surface area contributed by atoms with Gasteiger partial charge in [0.2, 0.25) is 21.8 Å². The molecule has 1 aliphatic heterocycles. The van der Waals surface area contributed by atoms with Crippen LogP contribution in [0, 0.1) is 0 Å². The number of carbonyl (C=O) groups excluding carboxylic acids is 2. The maximum atomic E-state index is 12.8. The van der Waals surface area contributed by atoms with E-state index < -0.39 is 15.3 Å². The second-order valence-electron chi connectivity index (χ2n) is 6.54. The van der Waals surface area contributed by atoms with Crippen molar-refractivity contribution in [1.82, 2.24) is 4.90 Å². The molecule has 0 aromatic heterocycles. The van der Waals surface area contributed by atoms with Crippen LogP contribution in [-0.4, -0.2) is 42.1 Å². The van der Waals surface area contributed by atoms with Gasteiger partial charge in [-0.3, -0.25) is 14.5 Å². The van der Waals surface area contributed by atoms with Gasteiger partial charge in [-0.05, 0) is 48.5 Å². The van der Waals surface area contributed by atoms with E-state index in [1.807, 2.05) is 12.1 Å². The smallest absolute Gasteiger partial charge is 0.242 e. The number of hydrogen-bond donors (Lipinski definition) is 2. The molecule has 0 spiro atoms. The van der Waals surface area contributed by atoms with E-state index in [9.17, 15) is 18.0 Å². The van der Waals surface area contributed by atoms with Crippen LogP contribution < -0.4 is 10.5 Å². The summed E-state index contributed by atoms with van der Waals surface area (Å²) in [6, 6.07) is 12.8. The highest BCUT2D eigenvalue weighted by Crippen LogP contribution is 2.32. The average Bonchev–Trinajstić information content (AvgIpc) is 2.98. The number of sulfonamides is 1. The Hall–Kier alpha value is -2.47. The molecule has 2 aromatic carbocycles. The quantitative estimate of drug-likeness (QED) is 0.540. The number of carbonyl (C=O) groups is 2. The number of benzene rings is 2. The summed E-state index contributed by atoms with van der Waals surface area (Å²) < 4.78 is 23.7. The van der Waals surface area contributed by atoms with Crippen LogP contribution in [0.2, 0.25) is 0 Å². The van der Waals surface area contributed by atoms with Crippen molar-refractivity contribution in [3.05, 3.63) is 65.7 Å². The van der Waals surface area contributed by atoms with Crippen LogP contribution in [0.25, 0.3) is 0 Å². The van der Waals surface area contributed by atoms with Crippen LogP contribution in [0.3, 0.4) is 0 Å². The lowest BCUT2D eigenvalue weighted by atomic mass is 10.2. The highest BCUT2D eigenvalue weighted by atomic mass is 79.9. The summed E-state index contributed by atoms with van der Waals surface area (Å²) >= 11 is 4.52. The zero-order chi connectivity index (χ0) is 22.6. The number of amides is 2. The Morgan fingerprint density at radius 3 is 2.45 bits per heavy atom. The Morgan fingerprint density at radius 2 is 1.87 bits per heavy atom. The van der Waals surface area contributed by atoms with E-state index in [0.29, 0.717) is 16.5 Å². The summed E-state index contributed by atoms with van der Waals surface area (Å²) in [7, 11) is -3.80. The predicted octanol–water partition coefficient (Wildman–Crippen LogP) is 3.24. The Labute approximate surface area is 192 Å². The summed E-state index contributed by atoms with van der Waals surface area (Å²) in [6.07, 6.45) is 1.55. The van der Waals surface area contributed by atoms with Gasteiger partial charge in [-0.25, -0.2) is 18.5 Å². The first-order chi connectivity index (χ1) is 14.7. The fraction of sp³-hybridized carbons (Fsp3) is 0.150. The van der Waals surface area contributed by atoms with E-state index in [1.165, 1.54) is 40.9 Å². The molecule has 0 saturated carbocycles. The number of primary sulfonamides is 1. The summed E-state index contributed by atoms with van der Waals surface area (Å²) in [4.78, 5) is 31.1. The number of halogens is 1. The number of hydrogen-bond acceptors (Lipinski definition) is 6. The lowest BCUT2D eigenvalue weighted by molar-refractivity contribution is -0.127. The van der Waals surface area contributed by atoms with Gasteiger partial charge in [-0.15, -0.1) is 6.58 Å². The normalized spacial score (nSPS) is 17.7. The SMILES string of the molecule is C=CCN1C(=O)C(CC(=O)Nc2ccc(Br)cc2)SC1=Nc1ccc(S(N)(=O)=O)cc1. The van der Waals surface area contributed by atoms with Crippen molar-refractivity contribution in [3.63, 3.8) is 0 Å². The van der Waals surface area contributed by atoms with Gasteiger partial charge in [0.25, 0.3) is 0 Å². The summed E-state index contributed by atoms with van der Waals surface area (Å²) in [5.74, 6) is -0.527. The standard InChI is InChI=1S/C20H19BrN4O4S2/c1-2-11-25-19(27)17(12-18(26)23-14-5-3-13(21)4-6-14)30-20(25)24-15-7-9-16(10-8-15)31(22,28)29/h2-10,17H,1,11-12H2,(H,23,26)(H2,22,28,29). The minimum Gasteiger partial charge on any atom is -0.326 e. The van der Waals surface area contributed by atoms with Crippen molar-refractivity contribution in [2.24, 2.45) is 10.1 Å². The molecule has 1 aliphatic rings. The molecule has 31 heavy (non-hydrogen) atoms. The molecule has 1 fully saturated rings. The van der Waals surface area contributed by atoms with Gasteiger partial charge in [0.05, 0.1) is 10.6 Å². The number of nitrogens with two attached hydrogens (primary N) is 1. The molecule has 8 nitrogen and oxygen atoms in total. The molecule has 0 aliphatic carbocycles. The largest absolute Gasteiger partial charge is 0.326 e. The third-order valence-electron chi connectivity index (χ3n) is 4.22. The van der Waals surface area contributed by atoms with Gasteiger partial charge in [-0.1, -0.05) is 33.8 Å². The molecule has 162 valence electrons. The maximum absolute atomic E-state index is 12.8. The van der Waals surface area contributed by atoms with Crippen molar-refractivity contribution < 1.29 is 18.0 Å². The first-order valence-electron chi connectivity index (χ1n) is 9.03. The first kappa shape index (κ1) is 23.2. The van der Waals surface area contributed by atoms with Crippen LogP contribution >= 0.6 is 27.7 Å². The van der Waals surface area contributed by atoms with Crippen molar-refractivity contribution >= 4 is 66.1 Å². The van der Waals surface area contributed by atoms with Crippen LogP contribution in [0.15, 0.2) is 75.5 Å². The second kappa shape index (κ2) is 9.77. The third-order valence-corrected chi connectivity index (χ3v) is 6.85. The number of nitrogens with zero attached hydrogens (tertiary/aromatic N) is 2. The molecule has 11 heteroatoms. The molecule has 3 rings (SSSR count). The molecule has 1 saturated heterocycles. The molecule has 0 radical (unpaired) electrons. The number of rotatable bonds is 7. The van der Waals surface area contributed by atoms with Gasteiger partial charge < -0.3 is 5.32 Å². The molecule has 0 bridgehead atoms. The Balaban J connectivity index is 1.75. The third kappa shape index (κ3) is 6.03. The van der Waals surface area contributed by atoms with Crippen LogP contribution in [-0.2, 0) is 19.6 Å². The first-order valence-corrected chi connectivity index (χ1v) is 12.2. The molecular weight excluding hydrogens is 504 g/mol. The fourth-order valence-electron chi connectivity index (χ4n) is 2.76. The highest BCUT2D eigenvalue weighted by Gasteiger charge is 2.38. The van der Waals surface area contributed by atoms with Crippen LogP contribution in [0.1, 0.15) is 6.42 Å². The van der Waals surface area contributed by atoms with E-state index in [2.05, 4.69) is 32.8 Å². The monoisotopic (exact) mass is 522 g/mol. The van der Waals surface area contributed by atoms with E-state index in [4.69, 9.17) is 5.14 Å². The van der Waals surface area contributed by atoms with Gasteiger partial charge in [0.1, 0.15) is 5.25 Å². The molecule has 1 heterocycles.